The summed E-state index contributed by atoms with van der Waals surface area (Å²) in [6, 6.07) is 2.11. The van der Waals surface area contributed by atoms with E-state index in [1.54, 1.807) is 7.11 Å². The zero-order valence-corrected chi connectivity index (χ0v) is 9.54. The molecule has 0 saturated heterocycles. The van der Waals surface area contributed by atoms with Gasteiger partial charge in [0.15, 0.2) is 0 Å². The summed E-state index contributed by atoms with van der Waals surface area (Å²) < 4.78 is 15.5. The van der Waals surface area contributed by atoms with Gasteiger partial charge in [-0.15, -0.1) is 0 Å². The third-order valence-electron chi connectivity index (χ3n) is 1.84. The Morgan fingerprint density at radius 2 is 1.53 bits per heavy atom. The topological polar surface area (TPSA) is 51.5 Å². The Morgan fingerprint density at radius 1 is 0.867 bits per heavy atom. The minimum Gasteiger partial charge on any atom is -0.385 e. The molecule has 0 aliphatic heterocycles. The van der Waals surface area contributed by atoms with Crippen molar-refractivity contribution < 1.29 is 14.2 Å². The second kappa shape index (κ2) is 13.4. The fourth-order valence-corrected chi connectivity index (χ4v) is 1.04. The van der Waals surface area contributed by atoms with Crippen molar-refractivity contribution in [2.45, 2.75) is 25.7 Å². The zero-order chi connectivity index (χ0) is 11.2. The molecule has 0 saturated carbocycles. The molecule has 0 amide bonds. The van der Waals surface area contributed by atoms with Crippen LogP contribution in [0.3, 0.4) is 0 Å². The molecule has 0 unspecified atom stereocenters. The zero-order valence-electron chi connectivity index (χ0n) is 9.54. The van der Waals surface area contributed by atoms with Gasteiger partial charge in [-0.05, 0) is 19.3 Å². The van der Waals surface area contributed by atoms with Crippen molar-refractivity contribution in [2.24, 2.45) is 0 Å². The molecule has 0 aliphatic rings. The summed E-state index contributed by atoms with van der Waals surface area (Å²) in [5, 5.41) is 8.29. The largest absolute Gasteiger partial charge is 0.385 e. The van der Waals surface area contributed by atoms with Crippen LogP contribution in [0.2, 0.25) is 0 Å². The molecule has 0 aliphatic carbocycles. The van der Waals surface area contributed by atoms with E-state index in [0.29, 0.717) is 19.6 Å². The molecule has 0 radical (unpaired) electrons. The highest BCUT2D eigenvalue weighted by atomic mass is 16.5. The van der Waals surface area contributed by atoms with E-state index in [9.17, 15) is 0 Å². The molecule has 0 aromatic rings. The highest BCUT2D eigenvalue weighted by Gasteiger charge is 1.91. The summed E-state index contributed by atoms with van der Waals surface area (Å²) >= 11 is 0. The van der Waals surface area contributed by atoms with E-state index in [0.717, 1.165) is 39.1 Å². The first-order valence-corrected chi connectivity index (χ1v) is 5.43. The second-order valence-corrected chi connectivity index (χ2v) is 3.19. The fraction of sp³-hybridized carbons (Fsp3) is 0.909. The predicted octanol–water partition coefficient (Wildman–Crippen LogP) is 1.75. The van der Waals surface area contributed by atoms with Crippen molar-refractivity contribution in [3.05, 3.63) is 0 Å². The van der Waals surface area contributed by atoms with E-state index < -0.39 is 0 Å². The lowest BCUT2D eigenvalue weighted by molar-refractivity contribution is 0.0389. The Labute approximate surface area is 92.1 Å². The van der Waals surface area contributed by atoms with Crippen LogP contribution >= 0.6 is 0 Å². The maximum Gasteiger partial charge on any atom is 0.0700 e. The summed E-state index contributed by atoms with van der Waals surface area (Å²) in [6.07, 6.45) is 3.43. The van der Waals surface area contributed by atoms with Crippen LogP contribution in [0.4, 0.5) is 0 Å². The molecule has 0 aromatic carbocycles. The summed E-state index contributed by atoms with van der Waals surface area (Å²) in [5.41, 5.74) is 0. The van der Waals surface area contributed by atoms with Gasteiger partial charge in [-0.1, -0.05) is 0 Å². The van der Waals surface area contributed by atoms with E-state index in [4.69, 9.17) is 19.5 Å². The van der Waals surface area contributed by atoms with Crippen molar-refractivity contribution in [2.75, 3.05) is 40.1 Å². The van der Waals surface area contributed by atoms with Crippen LogP contribution in [0, 0.1) is 11.3 Å². The molecule has 0 atom stereocenters. The summed E-state index contributed by atoms with van der Waals surface area (Å²) in [7, 11) is 1.68. The Hall–Kier alpha value is -0.630. The van der Waals surface area contributed by atoms with Gasteiger partial charge in [0, 0.05) is 33.4 Å². The first-order valence-electron chi connectivity index (χ1n) is 5.43. The van der Waals surface area contributed by atoms with Gasteiger partial charge in [0.25, 0.3) is 0 Å². The number of unbranched alkanes of at least 4 members (excludes halogenated alkanes) is 2. The number of ether oxygens (including phenoxy) is 3. The van der Waals surface area contributed by atoms with Gasteiger partial charge in [0.1, 0.15) is 0 Å². The number of rotatable bonds is 11. The average Bonchev–Trinajstić information content (AvgIpc) is 2.26. The standard InChI is InChI=1S/C11H21NO3/c1-13-7-5-9-15-11-10-14-8-4-2-3-6-12/h2-5,7-11H2,1H3. The lowest BCUT2D eigenvalue weighted by Crippen LogP contribution is -2.07. The van der Waals surface area contributed by atoms with Gasteiger partial charge in [-0.3, -0.25) is 0 Å². The summed E-state index contributed by atoms with van der Waals surface area (Å²) in [6.45, 7) is 3.48. The molecule has 15 heavy (non-hydrogen) atoms. The fourth-order valence-electron chi connectivity index (χ4n) is 1.04. The molecule has 0 aromatic heterocycles. The van der Waals surface area contributed by atoms with Crippen molar-refractivity contribution >= 4 is 0 Å². The summed E-state index contributed by atoms with van der Waals surface area (Å²) in [5.74, 6) is 0. The van der Waals surface area contributed by atoms with E-state index in [-0.39, 0.29) is 0 Å². The third-order valence-corrected chi connectivity index (χ3v) is 1.84. The van der Waals surface area contributed by atoms with Gasteiger partial charge >= 0.3 is 0 Å². The maximum absolute atomic E-state index is 8.29. The molecule has 0 fully saturated rings. The molecule has 0 rings (SSSR count). The first-order chi connectivity index (χ1) is 7.41. The minimum atomic E-state index is 0.622. The monoisotopic (exact) mass is 215 g/mol. The summed E-state index contributed by atoms with van der Waals surface area (Å²) in [4.78, 5) is 0. The molecular formula is C11H21NO3. The smallest absolute Gasteiger partial charge is 0.0700 e. The van der Waals surface area contributed by atoms with E-state index in [1.807, 2.05) is 0 Å². The predicted molar refractivity (Wildman–Crippen MR) is 57.6 cm³/mol. The van der Waals surface area contributed by atoms with Crippen LogP contribution < -0.4 is 0 Å². The van der Waals surface area contributed by atoms with Gasteiger partial charge < -0.3 is 14.2 Å². The Bertz CT molecular complexity index is 156. The van der Waals surface area contributed by atoms with Gasteiger partial charge in [-0.2, -0.15) is 5.26 Å². The van der Waals surface area contributed by atoms with Crippen LogP contribution in [-0.4, -0.2) is 40.1 Å². The molecule has 4 heteroatoms. The number of nitriles is 1. The van der Waals surface area contributed by atoms with E-state index >= 15 is 0 Å². The SMILES string of the molecule is COCCCOCCOCCCCC#N. The number of methoxy groups -OCH3 is 1. The third kappa shape index (κ3) is 13.4. The normalized spacial score (nSPS) is 10.1. The van der Waals surface area contributed by atoms with Gasteiger partial charge in [0.2, 0.25) is 0 Å². The first kappa shape index (κ1) is 14.4. The minimum absolute atomic E-state index is 0.622. The molecule has 88 valence electrons. The highest BCUT2D eigenvalue weighted by molar-refractivity contribution is 4.67. The van der Waals surface area contributed by atoms with Crippen molar-refractivity contribution in [3.8, 4) is 6.07 Å². The van der Waals surface area contributed by atoms with E-state index in [1.165, 1.54) is 0 Å². The van der Waals surface area contributed by atoms with Crippen LogP contribution in [0.25, 0.3) is 0 Å². The van der Waals surface area contributed by atoms with E-state index in [2.05, 4.69) is 6.07 Å². The van der Waals surface area contributed by atoms with Crippen molar-refractivity contribution in [3.63, 3.8) is 0 Å². The lowest BCUT2D eigenvalue weighted by Gasteiger charge is -2.04. The molecule has 4 nitrogen and oxygen atoms in total. The van der Waals surface area contributed by atoms with Gasteiger partial charge in [0.05, 0.1) is 19.3 Å². The van der Waals surface area contributed by atoms with Crippen LogP contribution in [-0.2, 0) is 14.2 Å². The molecular weight excluding hydrogens is 194 g/mol. The van der Waals surface area contributed by atoms with Crippen molar-refractivity contribution in [1.29, 1.82) is 5.26 Å². The number of hydrogen-bond acceptors (Lipinski definition) is 4. The lowest BCUT2D eigenvalue weighted by atomic mass is 10.3. The molecule has 0 N–H and O–H groups in total. The van der Waals surface area contributed by atoms with Crippen LogP contribution in [0.1, 0.15) is 25.7 Å². The maximum atomic E-state index is 8.29. The van der Waals surface area contributed by atoms with Crippen LogP contribution in [0.5, 0.6) is 0 Å². The van der Waals surface area contributed by atoms with Crippen LogP contribution in [0.15, 0.2) is 0 Å². The van der Waals surface area contributed by atoms with Gasteiger partial charge in [-0.25, -0.2) is 0 Å². The Morgan fingerprint density at radius 3 is 2.13 bits per heavy atom. The quantitative estimate of drug-likeness (QED) is 0.493. The second-order valence-electron chi connectivity index (χ2n) is 3.19. The Kier molecular flexibility index (Phi) is 12.8. The number of hydrogen-bond donors (Lipinski definition) is 0. The Balaban J connectivity index is 2.84. The molecule has 0 heterocycles. The number of nitrogens with zero attached hydrogens (tertiary/aromatic N) is 1. The average molecular weight is 215 g/mol. The highest BCUT2D eigenvalue weighted by Crippen LogP contribution is 1.94. The molecule has 0 spiro atoms. The van der Waals surface area contributed by atoms with Crippen molar-refractivity contribution in [1.82, 2.24) is 0 Å². The molecule has 0 bridgehead atoms.